The largest absolute Gasteiger partial charge is 0.454 e. The van der Waals surface area contributed by atoms with E-state index in [4.69, 9.17) is 22.7 Å². The summed E-state index contributed by atoms with van der Waals surface area (Å²) in [7, 11) is 0. The van der Waals surface area contributed by atoms with Crippen LogP contribution in [0.2, 0.25) is 0 Å². The van der Waals surface area contributed by atoms with Gasteiger partial charge in [0.15, 0.2) is 11.6 Å². The lowest BCUT2D eigenvalue weighted by molar-refractivity contribution is 0.439. The zero-order valence-electron chi connectivity index (χ0n) is 11.3. The normalized spacial score (nSPS) is 10.5. The second kappa shape index (κ2) is 6.42. The molecule has 2 aromatic carbocycles. The Bertz CT molecular complexity index is 711. The van der Waals surface area contributed by atoms with Crippen molar-refractivity contribution >= 4 is 49.1 Å². The molecule has 6 heteroatoms. The summed E-state index contributed by atoms with van der Waals surface area (Å²) in [6.45, 7) is 3.90. The summed E-state index contributed by atoms with van der Waals surface area (Å²) < 4.78 is 21.1. The highest BCUT2D eigenvalue weighted by Crippen LogP contribution is 2.34. The number of aryl methyl sites for hydroxylation is 2. The van der Waals surface area contributed by atoms with Gasteiger partial charge in [0.1, 0.15) is 10.7 Å². The Balaban J connectivity index is 2.41. The van der Waals surface area contributed by atoms with Crippen LogP contribution in [0.5, 0.6) is 11.5 Å². The molecule has 2 N–H and O–H groups in total. The van der Waals surface area contributed by atoms with Gasteiger partial charge in [-0.1, -0.05) is 28.1 Å². The van der Waals surface area contributed by atoms with E-state index in [1.54, 1.807) is 6.07 Å². The summed E-state index contributed by atoms with van der Waals surface area (Å²) in [5.74, 6) is 0.156. The smallest absolute Gasteiger partial charge is 0.180 e. The Kier molecular flexibility index (Phi) is 5.01. The molecule has 0 fully saturated rings. The molecule has 21 heavy (non-hydrogen) atoms. The summed E-state index contributed by atoms with van der Waals surface area (Å²) in [6.07, 6.45) is 0. The molecule has 0 unspecified atom stereocenters. The van der Waals surface area contributed by atoms with Crippen molar-refractivity contribution in [2.75, 3.05) is 0 Å². The SMILES string of the molecule is Cc1cc(Oc2ccc(C(N)=S)c(Br)c2F)cc(C)c1Br. The monoisotopic (exact) mass is 431 g/mol. The minimum Gasteiger partial charge on any atom is -0.454 e. The molecule has 0 atom stereocenters. The highest BCUT2D eigenvalue weighted by Gasteiger charge is 2.15. The first-order valence-corrected chi connectivity index (χ1v) is 8.03. The number of nitrogens with two attached hydrogens (primary N) is 1. The average molecular weight is 433 g/mol. The van der Waals surface area contributed by atoms with Crippen LogP contribution >= 0.6 is 44.1 Å². The fourth-order valence-corrected chi connectivity index (χ4v) is 2.96. The maximum Gasteiger partial charge on any atom is 0.180 e. The van der Waals surface area contributed by atoms with Gasteiger partial charge in [0.2, 0.25) is 0 Å². The van der Waals surface area contributed by atoms with Crippen molar-refractivity contribution in [1.29, 1.82) is 0 Å². The van der Waals surface area contributed by atoms with Crippen molar-refractivity contribution in [3.05, 3.63) is 55.7 Å². The van der Waals surface area contributed by atoms with Crippen molar-refractivity contribution in [3.63, 3.8) is 0 Å². The van der Waals surface area contributed by atoms with Crippen LogP contribution in [0.15, 0.2) is 33.2 Å². The van der Waals surface area contributed by atoms with Gasteiger partial charge in [0, 0.05) is 10.0 Å². The summed E-state index contributed by atoms with van der Waals surface area (Å²) in [5.41, 5.74) is 8.01. The van der Waals surface area contributed by atoms with Gasteiger partial charge in [-0.15, -0.1) is 0 Å². The van der Waals surface area contributed by atoms with E-state index in [1.807, 2.05) is 26.0 Å². The third-order valence-corrected chi connectivity index (χ3v) is 5.20. The quantitative estimate of drug-likeness (QED) is 0.660. The lowest BCUT2D eigenvalue weighted by Crippen LogP contribution is -2.11. The summed E-state index contributed by atoms with van der Waals surface area (Å²) in [6, 6.07) is 6.82. The first-order chi connectivity index (χ1) is 9.81. The first-order valence-electron chi connectivity index (χ1n) is 6.03. The number of thiocarbonyl (C=S) groups is 1. The zero-order chi connectivity index (χ0) is 15.7. The molecule has 0 aromatic heterocycles. The van der Waals surface area contributed by atoms with Gasteiger partial charge >= 0.3 is 0 Å². The second-order valence-corrected chi connectivity index (χ2v) is 6.60. The fraction of sp³-hybridized carbons (Fsp3) is 0.133. The van der Waals surface area contributed by atoms with E-state index in [2.05, 4.69) is 31.9 Å². The van der Waals surface area contributed by atoms with Crippen LogP contribution < -0.4 is 10.5 Å². The van der Waals surface area contributed by atoms with E-state index >= 15 is 0 Å². The van der Waals surface area contributed by atoms with Crippen LogP contribution in [0.4, 0.5) is 4.39 Å². The van der Waals surface area contributed by atoms with Gasteiger partial charge in [0.25, 0.3) is 0 Å². The molecule has 2 nitrogen and oxygen atoms in total. The highest BCUT2D eigenvalue weighted by atomic mass is 79.9. The predicted molar refractivity (Wildman–Crippen MR) is 93.7 cm³/mol. The van der Waals surface area contributed by atoms with Gasteiger partial charge in [0.05, 0.1) is 4.47 Å². The lowest BCUT2D eigenvalue weighted by atomic mass is 10.1. The second-order valence-electron chi connectivity index (χ2n) is 4.58. The third-order valence-electron chi connectivity index (χ3n) is 2.95. The minimum atomic E-state index is -0.529. The van der Waals surface area contributed by atoms with Gasteiger partial charge in [-0.2, -0.15) is 0 Å². The molecule has 0 amide bonds. The van der Waals surface area contributed by atoms with E-state index in [9.17, 15) is 4.39 Å². The Morgan fingerprint density at radius 1 is 1.14 bits per heavy atom. The standard InChI is InChI=1S/C15H12Br2FNOS/c1-7-5-9(6-8(2)12(7)16)20-11-4-3-10(15(19)21)13(17)14(11)18/h3-6H,1-2H3,(H2,19,21). The Morgan fingerprint density at radius 3 is 2.24 bits per heavy atom. The molecule has 0 aliphatic carbocycles. The van der Waals surface area contributed by atoms with Crippen molar-refractivity contribution < 1.29 is 9.13 Å². The van der Waals surface area contributed by atoms with E-state index in [-0.39, 0.29) is 15.2 Å². The minimum absolute atomic E-state index is 0.114. The molecule has 110 valence electrons. The summed E-state index contributed by atoms with van der Waals surface area (Å²) in [4.78, 5) is 0.127. The molecule has 0 aliphatic rings. The molecular weight excluding hydrogens is 421 g/mol. The van der Waals surface area contributed by atoms with Crippen LogP contribution in [0.1, 0.15) is 16.7 Å². The molecular formula is C15H12Br2FNOS. The molecule has 0 radical (unpaired) electrons. The number of benzene rings is 2. The van der Waals surface area contributed by atoms with E-state index in [1.165, 1.54) is 6.07 Å². The fourth-order valence-electron chi connectivity index (χ4n) is 1.89. The van der Waals surface area contributed by atoms with E-state index in [0.717, 1.165) is 15.6 Å². The number of ether oxygens (including phenoxy) is 1. The topological polar surface area (TPSA) is 35.2 Å². The highest BCUT2D eigenvalue weighted by molar-refractivity contribution is 9.10. The van der Waals surface area contributed by atoms with Crippen LogP contribution in [0.3, 0.4) is 0 Å². The van der Waals surface area contributed by atoms with Crippen LogP contribution in [-0.4, -0.2) is 4.99 Å². The number of hydrogen-bond donors (Lipinski definition) is 1. The molecule has 0 heterocycles. The molecule has 0 bridgehead atoms. The van der Waals surface area contributed by atoms with Crippen molar-refractivity contribution in [2.24, 2.45) is 5.73 Å². The van der Waals surface area contributed by atoms with Crippen LogP contribution in [0, 0.1) is 19.7 Å². The van der Waals surface area contributed by atoms with Gasteiger partial charge in [-0.3, -0.25) is 0 Å². The van der Waals surface area contributed by atoms with Gasteiger partial charge < -0.3 is 10.5 Å². The van der Waals surface area contributed by atoms with Gasteiger partial charge in [-0.25, -0.2) is 4.39 Å². The third kappa shape index (κ3) is 3.44. The Hall–Kier alpha value is -0.980. The molecule has 2 rings (SSSR count). The number of halogens is 3. The van der Waals surface area contributed by atoms with E-state index < -0.39 is 5.82 Å². The van der Waals surface area contributed by atoms with E-state index in [0.29, 0.717) is 11.3 Å². The summed E-state index contributed by atoms with van der Waals surface area (Å²) in [5, 5.41) is 0. The van der Waals surface area contributed by atoms with Crippen LogP contribution in [0.25, 0.3) is 0 Å². The Morgan fingerprint density at radius 2 is 1.71 bits per heavy atom. The lowest BCUT2D eigenvalue weighted by Gasteiger charge is -2.12. The average Bonchev–Trinajstić information content (AvgIpc) is 2.41. The molecule has 0 saturated heterocycles. The Labute approximate surface area is 144 Å². The number of hydrogen-bond acceptors (Lipinski definition) is 2. The molecule has 0 saturated carbocycles. The van der Waals surface area contributed by atoms with Crippen LogP contribution in [-0.2, 0) is 0 Å². The maximum absolute atomic E-state index is 14.3. The molecule has 0 aliphatic heterocycles. The van der Waals surface area contributed by atoms with Crippen molar-refractivity contribution in [3.8, 4) is 11.5 Å². The number of rotatable bonds is 3. The predicted octanol–water partition coefficient (Wildman–Crippen LogP) is 5.39. The zero-order valence-corrected chi connectivity index (χ0v) is 15.3. The van der Waals surface area contributed by atoms with Crippen molar-refractivity contribution in [1.82, 2.24) is 0 Å². The van der Waals surface area contributed by atoms with Gasteiger partial charge in [-0.05, 0) is 65.2 Å². The van der Waals surface area contributed by atoms with Crippen molar-refractivity contribution in [2.45, 2.75) is 13.8 Å². The maximum atomic E-state index is 14.3. The summed E-state index contributed by atoms with van der Waals surface area (Å²) >= 11 is 11.5. The first kappa shape index (κ1) is 16.4. The molecule has 2 aromatic rings. The molecule has 0 spiro atoms.